The summed E-state index contributed by atoms with van der Waals surface area (Å²) in [5.41, 5.74) is 5.67. The van der Waals surface area contributed by atoms with E-state index in [0.717, 1.165) is 6.20 Å². The maximum Gasteiger partial charge on any atom is 0.149 e. The predicted octanol–water partition coefficient (Wildman–Crippen LogP) is 3.13. The minimum atomic E-state index is -0.736. The van der Waals surface area contributed by atoms with Gasteiger partial charge in [-0.15, -0.1) is 12.4 Å². The normalized spacial score (nSPS) is 11.4. The van der Waals surface area contributed by atoms with Crippen LogP contribution in [0.2, 0.25) is 0 Å². The number of fused-ring (bicyclic) bond motifs is 1. The van der Waals surface area contributed by atoms with Crippen LogP contribution in [0, 0.1) is 11.6 Å². The molecule has 1 aromatic carbocycles. The molecular formula is C12H13ClF2N2. The number of rotatable bonds is 1. The lowest BCUT2D eigenvalue weighted by Gasteiger charge is -2.20. The van der Waals surface area contributed by atoms with E-state index in [1.54, 1.807) is 13.8 Å². The molecule has 1 heterocycles. The van der Waals surface area contributed by atoms with E-state index >= 15 is 0 Å². The van der Waals surface area contributed by atoms with E-state index in [1.165, 1.54) is 18.2 Å². The van der Waals surface area contributed by atoms with Crippen LogP contribution in [0.5, 0.6) is 0 Å². The zero-order valence-electron chi connectivity index (χ0n) is 9.50. The predicted molar refractivity (Wildman–Crippen MR) is 66.1 cm³/mol. The van der Waals surface area contributed by atoms with Gasteiger partial charge in [0.1, 0.15) is 11.6 Å². The maximum atomic E-state index is 13.5. The molecule has 0 saturated heterocycles. The molecule has 5 heteroatoms. The monoisotopic (exact) mass is 258 g/mol. The molecular weight excluding hydrogens is 246 g/mol. The third kappa shape index (κ3) is 2.53. The van der Waals surface area contributed by atoms with Crippen LogP contribution >= 0.6 is 12.4 Å². The summed E-state index contributed by atoms with van der Waals surface area (Å²) in [6, 6.07) is 3.88. The lowest BCUT2D eigenvalue weighted by atomic mass is 9.96. The van der Waals surface area contributed by atoms with Crippen LogP contribution in [-0.2, 0) is 5.54 Å². The van der Waals surface area contributed by atoms with Crippen LogP contribution in [0.15, 0.2) is 24.4 Å². The SMILES string of the molecule is CC(C)(N)c1ncc(F)c2ccc(F)cc12.Cl. The Hall–Kier alpha value is -1.26. The smallest absolute Gasteiger partial charge is 0.149 e. The number of pyridine rings is 1. The molecule has 0 aliphatic heterocycles. The second-order valence-corrected chi connectivity index (χ2v) is 4.37. The number of hydrogen-bond acceptors (Lipinski definition) is 2. The zero-order valence-corrected chi connectivity index (χ0v) is 10.3. The molecule has 17 heavy (non-hydrogen) atoms. The van der Waals surface area contributed by atoms with Crippen LogP contribution < -0.4 is 5.73 Å². The number of nitrogens with two attached hydrogens (primary N) is 1. The average molecular weight is 259 g/mol. The van der Waals surface area contributed by atoms with E-state index in [2.05, 4.69) is 4.98 Å². The van der Waals surface area contributed by atoms with Gasteiger partial charge < -0.3 is 5.73 Å². The molecule has 2 rings (SSSR count). The van der Waals surface area contributed by atoms with E-state index in [9.17, 15) is 8.78 Å². The van der Waals surface area contributed by atoms with Crippen LogP contribution in [0.4, 0.5) is 8.78 Å². The van der Waals surface area contributed by atoms with Crippen molar-refractivity contribution in [3.05, 3.63) is 41.7 Å². The van der Waals surface area contributed by atoms with Crippen molar-refractivity contribution in [1.29, 1.82) is 0 Å². The fraction of sp³-hybridized carbons (Fsp3) is 0.250. The number of nitrogens with zero attached hydrogens (tertiary/aromatic N) is 1. The van der Waals surface area contributed by atoms with Gasteiger partial charge in [-0.25, -0.2) is 8.78 Å². The topological polar surface area (TPSA) is 38.9 Å². The van der Waals surface area contributed by atoms with Crippen molar-refractivity contribution in [3.8, 4) is 0 Å². The molecule has 2 nitrogen and oxygen atoms in total. The Morgan fingerprint density at radius 2 is 1.82 bits per heavy atom. The molecule has 0 spiro atoms. The van der Waals surface area contributed by atoms with Crippen molar-refractivity contribution in [3.63, 3.8) is 0 Å². The van der Waals surface area contributed by atoms with Crippen molar-refractivity contribution in [1.82, 2.24) is 4.98 Å². The van der Waals surface area contributed by atoms with E-state index in [-0.39, 0.29) is 12.4 Å². The minimum absolute atomic E-state index is 0. The largest absolute Gasteiger partial charge is 0.321 e. The molecule has 2 aromatic rings. The second-order valence-electron chi connectivity index (χ2n) is 4.37. The lowest BCUT2D eigenvalue weighted by molar-refractivity contribution is 0.536. The van der Waals surface area contributed by atoms with E-state index in [0.29, 0.717) is 16.5 Å². The van der Waals surface area contributed by atoms with Crippen molar-refractivity contribution in [2.75, 3.05) is 0 Å². The van der Waals surface area contributed by atoms with Gasteiger partial charge in [0, 0.05) is 10.8 Å². The molecule has 0 radical (unpaired) electrons. The van der Waals surface area contributed by atoms with Crippen LogP contribution in [0.3, 0.4) is 0 Å². The van der Waals surface area contributed by atoms with Crippen LogP contribution in [0.1, 0.15) is 19.5 Å². The highest BCUT2D eigenvalue weighted by Crippen LogP contribution is 2.26. The highest BCUT2D eigenvalue weighted by molar-refractivity contribution is 5.86. The summed E-state index contributed by atoms with van der Waals surface area (Å²) in [5, 5.41) is 0.762. The van der Waals surface area contributed by atoms with E-state index < -0.39 is 17.2 Å². The highest BCUT2D eigenvalue weighted by atomic mass is 35.5. The van der Waals surface area contributed by atoms with Crippen molar-refractivity contribution >= 4 is 23.2 Å². The summed E-state index contributed by atoms with van der Waals surface area (Å²) in [6.45, 7) is 3.50. The quantitative estimate of drug-likeness (QED) is 0.854. The molecule has 0 aliphatic rings. The third-order valence-electron chi connectivity index (χ3n) is 2.41. The van der Waals surface area contributed by atoms with Crippen molar-refractivity contribution in [2.45, 2.75) is 19.4 Å². The summed E-state index contributed by atoms with van der Waals surface area (Å²) in [7, 11) is 0. The second kappa shape index (κ2) is 4.55. The molecule has 1 aromatic heterocycles. The zero-order chi connectivity index (χ0) is 11.9. The molecule has 92 valence electrons. The molecule has 0 bridgehead atoms. The standard InChI is InChI=1S/C12H12F2N2.ClH/c1-12(2,15)11-9-5-7(13)3-4-8(9)10(14)6-16-11;/h3-6H,15H2,1-2H3;1H. The van der Waals surface area contributed by atoms with Crippen molar-refractivity contribution in [2.24, 2.45) is 5.73 Å². The van der Waals surface area contributed by atoms with Gasteiger partial charge in [-0.1, -0.05) is 0 Å². The molecule has 2 N–H and O–H groups in total. The lowest BCUT2D eigenvalue weighted by Crippen LogP contribution is -2.30. The molecule has 0 aliphatic carbocycles. The van der Waals surface area contributed by atoms with Gasteiger partial charge >= 0.3 is 0 Å². The molecule has 0 atom stereocenters. The number of hydrogen-bond donors (Lipinski definition) is 1. The first kappa shape index (κ1) is 13.8. The fourth-order valence-electron chi connectivity index (χ4n) is 1.69. The maximum absolute atomic E-state index is 13.5. The Balaban J connectivity index is 0.00000144. The van der Waals surface area contributed by atoms with Gasteiger partial charge in [-0.3, -0.25) is 4.98 Å². The van der Waals surface area contributed by atoms with Gasteiger partial charge in [0.2, 0.25) is 0 Å². The summed E-state index contributed by atoms with van der Waals surface area (Å²) >= 11 is 0. The number of benzene rings is 1. The molecule has 0 amide bonds. The van der Waals surface area contributed by atoms with E-state index in [1.807, 2.05) is 0 Å². The van der Waals surface area contributed by atoms with Gasteiger partial charge in [0.05, 0.1) is 17.4 Å². The van der Waals surface area contributed by atoms with Gasteiger partial charge in [-0.2, -0.15) is 0 Å². The summed E-state index contributed by atoms with van der Waals surface area (Å²) in [5.74, 6) is -0.895. The first-order chi connectivity index (χ1) is 7.39. The van der Waals surface area contributed by atoms with Gasteiger partial charge in [-0.05, 0) is 32.0 Å². The van der Waals surface area contributed by atoms with Crippen molar-refractivity contribution < 1.29 is 8.78 Å². The third-order valence-corrected chi connectivity index (χ3v) is 2.41. The van der Waals surface area contributed by atoms with Crippen LogP contribution in [0.25, 0.3) is 10.8 Å². The Morgan fingerprint density at radius 3 is 2.41 bits per heavy atom. The first-order valence-corrected chi connectivity index (χ1v) is 4.93. The Bertz CT molecular complexity index is 550. The number of aromatic nitrogens is 1. The van der Waals surface area contributed by atoms with Gasteiger partial charge in [0.25, 0.3) is 0 Å². The summed E-state index contributed by atoms with van der Waals surface area (Å²) in [4.78, 5) is 3.95. The molecule has 0 unspecified atom stereocenters. The Morgan fingerprint density at radius 1 is 1.18 bits per heavy atom. The summed E-state index contributed by atoms with van der Waals surface area (Å²) < 4.78 is 26.6. The number of halogens is 3. The Labute approximate surface area is 104 Å². The highest BCUT2D eigenvalue weighted by Gasteiger charge is 2.20. The molecule has 0 saturated carbocycles. The fourth-order valence-corrected chi connectivity index (χ4v) is 1.69. The van der Waals surface area contributed by atoms with Crippen LogP contribution in [-0.4, -0.2) is 4.98 Å². The average Bonchev–Trinajstić information content (AvgIpc) is 2.15. The molecule has 0 fully saturated rings. The summed E-state index contributed by atoms with van der Waals surface area (Å²) in [6.07, 6.45) is 1.12. The van der Waals surface area contributed by atoms with Gasteiger partial charge in [0.15, 0.2) is 0 Å². The Kier molecular flexibility index (Phi) is 3.69. The van der Waals surface area contributed by atoms with E-state index in [4.69, 9.17) is 5.73 Å². The first-order valence-electron chi connectivity index (χ1n) is 4.93. The minimum Gasteiger partial charge on any atom is -0.321 e.